The van der Waals surface area contributed by atoms with Crippen LogP contribution in [0.5, 0.6) is 0 Å². The number of anilines is 2. The Labute approximate surface area is 173 Å². The molecule has 0 saturated heterocycles. The largest absolute Gasteiger partial charge is 0.445 e. The number of hydrogen-bond acceptors (Lipinski definition) is 7. The van der Waals surface area contributed by atoms with Crippen LogP contribution in [0, 0.1) is 0 Å². The summed E-state index contributed by atoms with van der Waals surface area (Å²) in [6, 6.07) is 7.96. The summed E-state index contributed by atoms with van der Waals surface area (Å²) in [4.78, 5) is 22.9. The molecule has 0 saturated carbocycles. The molecule has 28 heavy (non-hydrogen) atoms. The highest BCUT2D eigenvalue weighted by Crippen LogP contribution is 2.31. The number of oxazole rings is 1. The van der Waals surface area contributed by atoms with E-state index in [1.54, 1.807) is 24.2 Å². The van der Waals surface area contributed by atoms with Crippen LogP contribution in [0.15, 0.2) is 45.3 Å². The van der Waals surface area contributed by atoms with E-state index in [9.17, 15) is 4.79 Å². The summed E-state index contributed by atoms with van der Waals surface area (Å²) in [6.07, 6.45) is 3.87. The van der Waals surface area contributed by atoms with E-state index in [1.807, 2.05) is 43.3 Å². The van der Waals surface area contributed by atoms with Gasteiger partial charge in [0.1, 0.15) is 5.76 Å². The monoisotopic (exact) mass is 416 g/mol. The molecule has 6 nitrogen and oxygen atoms in total. The first-order chi connectivity index (χ1) is 13.4. The number of hydrogen-bond donors (Lipinski definition) is 1. The molecule has 0 bridgehead atoms. The smallest absolute Gasteiger partial charge is 0.230 e. The number of rotatable bonds is 8. The summed E-state index contributed by atoms with van der Waals surface area (Å²) < 4.78 is 6.72. The highest BCUT2D eigenvalue weighted by molar-refractivity contribution is 8.00. The van der Waals surface area contributed by atoms with Gasteiger partial charge in [0.2, 0.25) is 11.8 Å². The van der Waals surface area contributed by atoms with Crippen LogP contribution >= 0.6 is 23.1 Å². The molecule has 2 heterocycles. The van der Waals surface area contributed by atoms with Crippen molar-refractivity contribution in [2.24, 2.45) is 0 Å². The SMILES string of the molecule is CC(C)c1cnc(CSc2cnc(NC(=O)Cc3ccc(N(C)C)cc3)s2)o1. The summed E-state index contributed by atoms with van der Waals surface area (Å²) >= 11 is 3.05. The zero-order valence-electron chi connectivity index (χ0n) is 16.4. The van der Waals surface area contributed by atoms with Crippen LogP contribution in [-0.4, -0.2) is 30.0 Å². The van der Waals surface area contributed by atoms with Gasteiger partial charge in [-0.15, -0.1) is 11.8 Å². The van der Waals surface area contributed by atoms with E-state index in [0.717, 1.165) is 21.2 Å². The van der Waals surface area contributed by atoms with E-state index in [4.69, 9.17) is 4.42 Å². The third-order valence-corrected chi connectivity index (χ3v) is 6.12. The van der Waals surface area contributed by atoms with E-state index < -0.39 is 0 Å². The third kappa shape index (κ3) is 5.59. The summed E-state index contributed by atoms with van der Waals surface area (Å²) in [5.41, 5.74) is 2.08. The molecule has 1 amide bonds. The number of carbonyl (C=O) groups excluding carboxylic acids is 1. The lowest BCUT2D eigenvalue weighted by molar-refractivity contribution is -0.115. The van der Waals surface area contributed by atoms with Crippen molar-refractivity contribution in [2.45, 2.75) is 36.1 Å². The Hall–Kier alpha value is -2.32. The van der Waals surface area contributed by atoms with Crippen molar-refractivity contribution < 1.29 is 9.21 Å². The molecule has 0 unspecified atom stereocenters. The van der Waals surface area contributed by atoms with E-state index >= 15 is 0 Å². The maximum absolute atomic E-state index is 12.3. The number of nitrogens with one attached hydrogen (secondary N) is 1. The van der Waals surface area contributed by atoms with Crippen LogP contribution < -0.4 is 10.2 Å². The number of nitrogens with zero attached hydrogens (tertiary/aromatic N) is 3. The quantitative estimate of drug-likeness (QED) is 0.532. The van der Waals surface area contributed by atoms with Gasteiger partial charge < -0.3 is 14.6 Å². The lowest BCUT2D eigenvalue weighted by atomic mass is 10.1. The molecule has 0 aliphatic rings. The van der Waals surface area contributed by atoms with Crippen LogP contribution in [0.1, 0.15) is 37.0 Å². The molecule has 0 fully saturated rings. The molecule has 3 aromatic rings. The Morgan fingerprint density at radius 3 is 2.61 bits per heavy atom. The van der Waals surface area contributed by atoms with E-state index in [-0.39, 0.29) is 5.91 Å². The minimum absolute atomic E-state index is 0.0715. The Morgan fingerprint density at radius 2 is 1.96 bits per heavy atom. The molecule has 0 atom stereocenters. The second kappa shape index (κ2) is 9.25. The number of thioether (sulfide) groups is 1. The van der Waals surface area contributed by atoms with Gasteiger partial charge in [0.05, 0.1) is 28.8 Å². The fourth-order valence-electron chi connectivity index (χ4n) is 2.44. The van der Waals surface area contributed by atoms with Gasteiger partial charge in [-0.1, -0.05) is 37.3 Å². The first kappa shape index (κ1) is 20.4. The highest BCUT2D eigenvalue weighted by atomic mass is 32.2. The van der Waals surface area contributed by atoms with Gasteiger partial charge in [-0.25, -0.2) is 9.97 Å². The fraction of sp³-hybridized carbons (Fsp3) is 0.350. The first-order valence-corrected chi connectivity index (χ1v) is 10.8. The van der Waals surface area contributed by atoms with Crippen LogP contribution in [0.3, 0.4) is 0 Å². The Bertz CT molecular complexity index is 916. The molecular formula is C20H24N4O2S2. The average molecular weight is 417 g/mol. The van der Waals surface area contributed by atoms with E-state index in [0.29, 0.717) is 29.1 Å². The van der Waals surface area contributed by atoms with Crippen molar-refractivity contribution in [2.75, 3.05) is 24.3 Å². The highest BCUT2D eigenvalue weighted by Gasteiger charge is 2.11. The topological polar surface area (TPSA) is 71.3 Å². The van der Waals surface area contributed by atoms with Crippen molar-refractivity contribution >= 4 is 39.8 Å². The lowest BCUT2D eigenvalue weighted by Gasteiger charge is -2.12. The van der Waals surface area contributed by atoms with Crippen LogP contribution in [0.2, 0.25) is 0 Å². The van der Waals surface area contributed by atoms with Gasteiger partial charge in [0.25, 0.3) is 0 Å². The molecule has 1 N–H and O–H groups in total. The van der Waals surface area contributed by atoms with Crippen molar-refractivity contribution in [3.8, 4) is 0 Å². The molecule has 2 aromatic heterocycles. The number of thiazole rings is 1. The number of benzene rings is 1. The lowest BCUT2D eigenvalue weighted by Crippen LogP contribution is -2.14. The van der Waals surface area contributed by atoms with Gasteiger partial charge in [-0.3, -0.25) is 4.79 Å². The molecule has 1 aromatic carbocycles. The fourth-order valence-corrected chi connectivity index (χ4v) is 4.18. The predicted molar refractivity (Wildman–Crippen MR) is 115 cm³/mol. The molecule has 0 radical (unpaired) electrons. The average Bonchev–Trinajstić information content (AvgIpc) is 3.29. The Kier molecular flexibility index (Phi) is 6.74. The van der Waals surface area contributed by atoms with Gasteiger partial charge in [0, 0.05) is 25.7 Å². The summed E-state index contributed by atoms with van der Waals surface area (Å²) in [5, 5.41) is 3.48. The molecule has 0 aliphatic carbocycles. The van der Waals surface area contributed by atoms with Gasteiger partial charge >= 0.3 is 0 Å². The summed E-state index contributed by atoms with van der Waals surface area (Å²) in [6.45, 7) is 4.15. The van der Waals surface area contributed by atoms with Crippen LogP contribution in [-0.2, 0) is 17.0 Å². The summed E-state index contributed by atoms with van der Waals surface area (Å²) in [5.74, 6) is 2.49. The minimum Gasteiger partial charge on any atom is -0.445 e. The van der Waals surface area contributed by atoms with Crippen molar-refractivity contribution in [3.63, 3.8) is 0 Å². The number of aromatic nitrogens is 2. The molecule has 0 spiro atoms. The molecule has 148 valence electrons. The maximum atomic E-state index is 12.3. The maximum Gasteiger partial charge on any atom is 0.230 e. The van der Waals surface area contributed by atoms with Gasteiger partial charge in [0.15, 0.2) is 5.13 Å². The van der Waals surface area contributed by atoms with Crippen molar-refractivity contribution in [3.05, 3.63) is 53.9 Å². The third-order valence-electron chi connectivity index (χ3n) is 4.03. The van der Waals surface area contributed by atoms with Gasteiger partial charge in [-0.05, 0) is 17.7 Å². The normalized spacial score (nSPS) is 11.0. The standard InChI is InChI=1S/C20H24N4O2S2/c1-13(2)16-10-21-18(26-16)12-27-19-11-22-20(28-19)23-17(25)9-14-5-7-15(8-6-14)24(3)4/h5-8,10-11,13H,9,12H2,1-4H3,(H,22,23,25). The first-order valence-electron chi connectivity index (χ1n) is 9.00. The van der Waals surface area contributed by atoms with Crippen molar-refractivity contribution in [1.29, 1.82) is 0 Å². The molecule has 3 rings (SSSR count). The number of amides is 1. The number of carbonyl (C=O) groups is 1. The minimum atomic E-state index is -0.0715. The second-order valence-electron chi connectivity index (χ2n) is 6.87. The van der Waals surface area contributed by atoms with Crippen LogP contribution in [0.25, 0.3) is 0 Å². The zero-order chi connectivity index (χ0) is 20.1. The van der Waals surface area contributed by atoms with E-state index in [1.165, 1.54) is 11.3 Å². The Morgan fingerprint density at radius 1 is 1.21 bits per heavy atom. The van der Waals surface area contributed by atoms with Crippen LogP contribution in [0.4, 0.5) is 10.8 Å². The summed E-state index contributed by atoms with van der Waals surface area (Å²) in [7, 11) is 3.98. The zero-order valence-corrected chi connectivity index (χ0v) is 18.1. The van der Waals surface area contributed by atoms with E-state index in [2.05, 4.69) is 29.1 Å². The second-order valence-corrected chi connectivity index (χ2v) is 9.18. The predicted octanol–water partition coefficient (Wildman–Crippen LogP) is 4.79. The Balaban J connectivity index is 1.49. The molecular weight excluding hydrogens is 392 g/mol. The molecule has 8 heteroatoms. The van der Waals surface area contributed by atoms with Crippen molar-refractivity contribution in [1.82, 2.24) is 9.97 Å². The molecule has 0 aliphatic heterocycles. The van der Waals surface area contributed by atoms with Gasteiger partial charge in [-0.2, -0.15) is 0 Å².